The molecule has 0 spiro atoms. The third kappa shape index (κ3) is 1.95. The predicted octanol–water partition coefficient (Wildman–Crippen LogP) is 1.97. The Bertz CT molecular complexity index is 597. The molecule has 2 atom stereocenters. The maximum absolute atomic E-state index is 10.9. The zero-order valence-corrected chi connectivity index (χ0v) is 9.84. The zero-order chi connectivity index (χ0) is 12.5. The van der Waals surface area contributed by atoms with Crippen LogP contribution in [0.1, 0.15) is 18.0 Å². The summed E-state index contributed by atoms with van der Waals surface area (Å²) in [6.07, 6.45) is 4.27. The third-order valence-corrected chi connectivity index (χ3v) is 3.55. The van der Waals surface area contributed by atoms with Crippen molar-refractivity contribution in [2.45, 2.75) is 12.5 Å². The van der Waals surface area contributed by atoms with Crippen LogP contribution < -0.4 is 5.32 Å². The van der Waals surface area contributed by atoms with Gasteiger partial charge in [-0.1, -0.05) is 12.1 Å². The normalized spacial score (nSPS) is 23.3. The van der Waals surface area contributed by atoms with E-state index >= 15 is 0 Å². The molecule has 4 nitrogen and oxygen atoms in total. The van der Waals surface area contributed by atoms with Crippen LogP contribution in [0.15, 0.2) is 36.7 Å². The van der Waals surface area contributed by atoms with Crippen molar-refractivity contribution in [3.63, 3.8) is 0 Å². The van der Waals surface area contributed by atoms with E-state index < -0.39 is 5.97 Å². The summed E-state index contributed by atoms with van der Waals surface area (Å²) < 4.78 is 0. The number of benzene rings is 1. The fourth-order valence-corrected chi connectivity index (χ4v) is 2.50. The van der Waals surface area contributed by atoms with Crippen molar-refractivity contribution < 1.29 is 9.90 Å². The van der Waals surface area contributed by atoms with Crippen LogP contribution in [0, 0.1) is 5.92 Å². The Balaban J connectivity index is 1.89. The molecule has 1 aromatic heterocycles. The molecule has 1 aromatic carbocycles. The van der Waals surface area contributed by atoms with Crippen molar-refractivity contribution >= 4 is 16.7 Å². The Morgan fingerprint density at radius 2 is 2.22 bits per heavy atom. The van der Waals surface area contributed by atoms with E-state index in [4.69, 9.17) is 5.11 Å². The lowest BCUT2D eigenvalue weighted by atomic mass is 9.98. The highest BCUT2D eigenvalue weighted by Gasteiger charge is 2.29. The van der Waals surface area contributed by atoms with E-state index in [2.05, 4.69) is 16.4 Å². The van der Waals surface area contributed by atoms with Crippen molar-refractivity contribution in [3.8, 4) is 0 Å². The molecule has 2 heterocycles. The summed E-state index contributed by atoms with van der Waals surface area (Å²) in [7, 11) is 0. The number of hydrogen-bond donors (Lipinski definition) is 2. The highest BCUT2D eigenvalue weighted by atomic mass is 16.4. The quantitative estimate of drug-likeness (QED) is 0.845. The summed E-state index contributed by atoms with van der Waals surface area (Å²) >= 11 is 0. The first-order chi connectivity index (χ1) is 8.74. The fraction of sp³-hybridized carbons (Fsp3) is 0.286. The van der Waals surface area contributed by atoms with E-state index in [0.717, 1.165) is 16.3 Å². The molecule has 2 N–H and O–H groups in total. The maximum atomic E-state index is 10.9. The van der Waals surface area contributed by atoms with Crippen molar-refractivity contribution in [3.05, 3.63) is 42.2 Å². The lowest BCUT2D eigenvalue weighted by molar-refractivity contribution is -0.141. The molecule has 1 fully saturated rings. The minimum atomic E-state index is -0.713. The highest BCUT2D eigenvalue weighted by molar-refractivity contribution is 5.82. The van der Waals surface area contributed by atoms with Gasteiger partial charge in [-0.25, -0.2) is 0 Å². The van der Waals surface area contributed by atoms with E-state index in [-0.39, 0.29) is 12.0 Å². The second-order valence-corrected chi connectivity index (χ2v) is 4.71. The van der Waals surface area contributed by atoms with Crippen LogP contribution in [0.5, 0.6) is 0 Å². The predicted molar refractivity (Wildman–Crippen MR) is 68.2 cm³/mol. The highest BCUT2D eigenvalue weighted by Crippen LogP contribution is 2.29. The number of fused-ring (bicyclic) bond motifs is 1. The first-order valence-electron chi connectivity index (χ1n) is 6.04. The average molecular weight is 242 g/mol. The number of carboxylic acid groups (broad SMARTS) is 1. The molecule has 4 heteroatoms. The number of nitrogens with one attached hydrogen (secondary N) is 1. The van der Waals surface area contributed by atoms with Crippen LogP contribution in [0.4, 0.5) is 0 Å². The molecule has 0 radical (unpaired) electrons. The Hall–Kier alpha value is -1.94. The smallest absolute Gasteiger partial charge is 0.307 e. The number of hydrogen-bond acceptors (Lipinski definition) is 3. The molecule has 0 amide bonds. The fourth-order valence-electron chi connectivity index (χ4n) is 2.50. The van der Waals surface area contributed by atoms with Gasteiger partial charge in [-0.2, -0.15) is 0 Å². The van der Waals surface area contributed by atoms with E-state index in [1.807, 2.05) is 24.4 Å². The summed E-state index contributed by atoms with van der Waals surface area (Å²) in [6, 6.07) is 8.31. The molecule has 18 heavy (non-hydrogen) atoms. The Labute approximate surface area is 105 Å². The van der Waals surface area contributed by atoms with Gasteiger partial charge in [0.1, 0.15) is 0 Å². The van der Waals surface area contributed by atoms with E-state index in [0.29, 0.717) is 13.0 Å². The van der Waals surface area contributed by atoms with Gasteiger partial charge in [0.15, 0.2) is 0 Å². The average Bonchev–Trinajstić information content (AvgIpc) is 2.88. The van der Waals surface area contributed by atoms with Crippen LogP contribution in [0.25, 0.3) is 10.8 Å². The standard InChI is InChI=1S/C14H14N2O2/c17-14(18)12-6-13(16-8-12)10-1-2-11-7-15-4-3-9(11)5-10/h1-5,7,12-13,16H,6,8H2,(H,17,18). The Kier molecular flexibility index (Phi) is 2.72. The van der Waals surface area contributed by atoms with Gasteiger partial charge in [0, 0.05) is 30.4 Å². The van der Waals surface area contributed by atoms with Crippen molar-refractivity contribution in [2.24, 2.45) is 5.92 Å². The van der Waals surface area contributed by atoms with Crippen LogP contribution in [0.3, 0.4) is 0 Å². The summed E-state index contributed by atoms with van der Waals surface area (Å²) in [5.41, 5.74) is 1.15. The molecule has 1 aliphatic rings. The van der Waals surface area contributed by atoms with E-state index in [1.54, 1.807) is 6.20 Å². The Morgan fingerprint density at radius 3 is 3.00 bits per heavy atom. The molecule has 1 aliphatic heterocycles. The Morgan fingerprint density at radius 1 is 1.33 bits per heavy atom. The molecule has 2 unspecified atom stereocenters. The molecule has 0 saturated carbocycles. The maximum Gasteiger partial charge on any atom is 0.307 e. The zero-order valence-electron chi connectivity index (χ0n) is 9.84. The number of carboxylic acids is 1. The first kappa shape index (κ1) is 11.2. The molecule has 1 saturated heterocycles. The van der Waals surface area contributed by atoms with E-state index in [9.17, 15) is 4.79 Å². The van der Waals surface area contributed by atoms with Crippen LogP contribution in [-0.2, 0) is 4.79 Å². The van der Waals surface area contributed by atoms with Crippen molar-refractivity contribution in [1.82, 2.24) is 10.3 Å². The summed E-state index contributed by atoms with van der Waals surface area (Å²) in [5, 5.41) is 14.5. The number of pyridine rings is 1. The van der Waals surface area contributed by atoms with Gasteiger partial charge in [0.2, 0.25) is 0 Å². The summed E-state index contributed by atoms with van der Waals surface area (Å²) in [6.45, 7) is 0.550. The monoisotopic (exact) mass is 242 g/mol. The van der Waals surface area contributed by atoms with Gasteiger partial charge in [0.05, 0.1) is 5.92 Å². The SMILES string of the molecule is O=C(O)C1CNC(c2ccc3cnccc3c2)C1. The lowest BCUT2D eigenvalue weighted by Gasteiger charge is -2.11. The molecule has 2 aromatic rings. The number of aliphatic carboxylic acids is 1. The molecular formula is C14H14N2O2. The molecular weight excluding hydrogens is 228 g/mol. The summed E-state index contributed by atoms with van der Waals surface area (Å²) in [4.78, 5) is 15.0. The number of nitrogens with zero attached hydrogens (tertiary/aromatic N) is 1. The van der Waals surface area contributed by atoms with E-state index in [1.165, 1.54) is 0 Å². The number of carbonyl (C=O) groups is 1. The lowest BCUT2D eigenvalue weighted by Crippen LogP contribution is -2.17. The van der Waals surface area contributed by atoms with Gasteiger partial charge < -0.3 is 10.4 Å². The van der Waals surface area contributed by atoms with Gasteiger partial charge in [0.25, 0.3) is 0 Å². The molecule has 0 bridgehead atoms. The minimum Gasteiger partial charge on any atom is -0.481 e. The summed E-state index contributed by atoms with van der Waals surface area (Å²) in [5.74, 6) is -0.988. The van der Waals surface area contributed by atoms with Gasteiger partial charge in [-0.05, 0) is 29.5 Å². The number of rotatable bonds is 2. The topological polar surface area (TPSA) is 62.2 Å². The van der Waals surface area contributed by atoms with Crippen LogP contribution >= 0.6 is 0 Å². The van der Waals surface area contributed by atoms with Crippen LogP contribution in [0.2, 0.25) is 0 Å². The van der Waals surface area contributed by atoms with Crippen molar-refractivity contribution in [2.75, 3.05) is 6.54 Å². The minimum absolute atomic E-state index is 0.142. The second-order valence-electron chi connectivity index (χ2n) is 4.71. The van der Waals surface area contributed by atoms with Gasteiger partial charge >= 0.3 is 5.97 Å². The van der Waals surface area contributed by atoms with Crippen LogP contribution in [-0.4, -0.2) is 22.6 Å². The van der Waals surface area contributed by atoms with Crippen molar-refractivity contribution in [1.29, 1.82) is 0 Å². The second kappa shape index (κ2) is 4.38. The molecule has 3 rings (SSSR count). The third-order valence-electron chi connectivity index (χ3n) is 3.55. The number of aromatic nitrogens is 1. The van der Waals surface area contributed by atoms with Gasteiger partial charge in [-0.3, -0.25) is 9.78 Å². The van der Waals surface area contributed by atoms with Gasteiger partial charge in [-0.15, -0.1) is 0 Å². The molecule has 0 aliphatic carbocycles. The first-order valence-corrected chi connectivity index (χ1v) is 6.04. The largest absolute Gasteiger partial charge is 0.481 e. The molecule has 92 valence electrons.